The number of ether oxygens (including phenoxy) is 1. The van der Waals surface area contributed by atoms with E-state index in [0.29, 0.717) is 0 Å². The van der Waals surface area contributed by atoms with Crippen LogP contribution in [0, 0.1) is 5.92 Å². The molecule has 0 heterocycles. The minimum atomic E-state index is -3.50. The molecule has 96 valence electrons. The Morgan fingerprint density at radius 1 is 1.38 bits per heavy atom. The molecule has 0 radical (unpaired) electrons. The largest absolute Gasteiger partial charge is 0.466 e. The molecule has 0 saturated carbocycles. The number of primary sulfonamides is 1. The molecule has 5 nitrogen and oxygen atoms in total. The number of esters is 1. The highest BCUT2D eigenvalue weighted by molar-refractivity contribution is 7.89. The molecular formula is C10H21NO4S. The Balaban J connectivity index is 4.10. The molecule has 0 saturated heterocycles. The molecule has 0 aromatic heterocycles. The standard InChI is InChI=1S/C10H21NO4S/c1-3-4-5-6-10(7-15-9(2)12)8-16(11,13)14/h10H,3-8H2,1-2H3,(H2,11,13,14). The molecule has 0 rings (SSSR count). The van der Waals surface area contributed by atoms with E-state index in [2.05, 4.69) is 6.92 Å². The highest BCUT2D eigenvalue weighted by Gasteiger charge is 2.16. The molecule has 0 aliphatic carbocycles. The number of nitrogens with two attached hydrogens (primary N) is 1. The van der Waals surface area contributed by atoms with Crippen LogP contribution < -0.4 is 5.14 Å². The van der Waals surface area contributed by atoms with Crippen LogP contribution in [0.1, 0.15) is 39.5 Å². The van der Waals surface area contributed by atoms with Gasteiger partial charge < -0.3 is 4.74 Å². The summed E-state index contributed by atoms with van der Waals surface area (Å²) in [5.74, 6) is -0.704. The van der Waals surface area contributed by atoms with Gasteiger partial charge in [0.15, 0.2) is 0 Å². The molecule has 0 spiro atoms. The molecular weight excluding hydrogens is 230 g/mol. The van der Waals surface area contributed by atoms with Crippen LogP contribution in [0.4, 0.5) is 0 Å². The van der Waals surface area contributed by atoms with E-state index < -0.39 is 16.0 Å². The van der Waals surface area contributed by atoms with Gasteiger partial charge in [-0.1, -0.05) is 26.2 Å². The molecule has 1 atom stereocenters. The zero-order valence-electron chi connectivity index (χ0n) is 9.94. The molecule has 1 unspecified atom stereocenters. The molecule has 0 aromatic rings. The van der Waals surface area contributed by atoms with Crippen molar-refractivity contribution in [1.82, 2.24) is 0 Å². The second kappa shape index (κ2) is 7.62. The van der Waals surface area contributed by atoms with Crippen molar-refractivity contribution >= 4 is 16.0 Å². The Morgan fingerprint density at radius 3 is 2.44 bits per heavy atom. The van der Waals surface area contributed by atoms with Crippen molar-refractivity contribution in [3.05, 3.63) is 0 Å². The third kappa shape index (κ3) is 9.92. The maximum absolute atomic E-state index is 11.0. The Labute approximate surface area is 97.4 Å². The van der Waals surface area contributed by atoms with Gasteiger partial charge in [-0.25, -0.2) is 13.6 Å². The molecule has 2 N–H and O–H groups in total. The SMILES string of the molecule is CCCCCC(COC(C)=O)CS(N)(=O)=O. The number of carbonyl (C=O) groups excluding carboxylic acids is 1. The average molecular weight is 251 g/mol. The predicted octanol–water partition coefficient (Wildman–Crippen LogP) is 1.03. The van der Waals surface area contributed by atoms with E-state index in [0.717, 1.165) is 25.7 Å². The van der Waals surface area contributed by atoms with Gasteiger partial charge in [-0.3, -0.25) is 4.79 Å². The van der Waals surface area contributed by atoms with Gasteiger partial charge in [0.05, 0.1) is 12.4 Å². The van der Waals surface area contributed by atoms with Crippen molar-refractivity contribution in [2.24, 2.45) is 11.1 Å². The maximum atomic E-state index is 11.0. The lowest BCUT2D eigenvalue weighted by Gasteiger charge is -2.15. The van der Waals surface area contributed by atoms with Crippen molar-refractivity contribution < 1.29 is 17.9 Å². The minimum absolute atomic E-state index is 0.121. The van der Waals surface area contributed by atoms with E-state index in [1.165, 1.54) is 6.92 Å². The van der Waals surface area contributed by atoms with Crippen LogP contribution in [-0.4, -0.2) is 26.7 Å². The summed E-state index contributed by atoms with van der Waals surface area (Å²) in [6.07, 6.45) is 3.76. The van der Waals surface area contributed by atoms with Crippen molar-refractivity contribution in [2.75, 3.05) is 12.4 Å². The number of sulfonamides is 1. The van der Waals surface area contributed by atoms with Crippen LogP contribution in [0.2, 0.25) is 0 Å². The van der Waals surface area contributed by atoms with E-state index >= 15 is 0 Å². The fourth-order valence-electron chi connectivity index (χ4n) is 1.46. The first kappa shape index (κ1) is 15.4. The normalized spacial score (nSPS) is 13.4. The monoisotopic (exact) mass is 251 g/mol. The van der Waals surface area contributed by atoms with E-state index in [1.54, 1.807) is 0 Å². The summed E-state index contributed by atoms with van der Waals surface area (Å²) < 4.78 is 26.7. The number of carbonyl (C=O) groups is 1. The third-order valence-electron chi connectivity index (χ3n) is 2.21. The van der Waals surface area contributed by atoms with Crippen LogP contribution >= 0.6 is 0 Å². The highest BCUT2D eigenvalue weighted by atomic mass is 32.2. The summed E-state index contributed by atoms with van der Waals surface area (Å²) >= 11 is 0. The molecule has 0 aliphatic heterocycles. The van der Waals surface area contributed by atoms with Crippen molar-refractivity contribution in [2.45, 2.75) is 39.5 Å². The Morgan fingerprint density at radius 2 is 2.00 bits per heavy atom. The second-order valence-electron chi connectivity index (χ2n) is 3.99. The van der Waals surface area contributed by atoms with Gasteiger partial charge in [-0.2, -0.15) is 0 Å². The Bertz CT molecular complexity index is 300. The minimum Gasteiger partial charge on any atom is -0.466 e. The Hall–Kier alpha value is -0.620. The van der Waals surface area contributed by atoms with Crippen LogP contribution in [0.5, 0.6) is 0 Å². The lowest BCUT2D eigenvalue weighted by atomic mass is 10.0. The van der Waals surface area contributed by atoms with Gasteiger partial charge in [0, 0.05) is 12.8 Å². The number of hydrogen-bond donors (Lipinski definition) is 1. The van der Waals surface area contributed by atoms with Crippen molar-refractivity contribution in [1.29, 1.82) is 0 Å². The fourth-order valence-corrected chi connectivity index (χ4v) is 2.38. The Kier molecular flexibility index (Phi) is 7.33. The van der Waals surface area contributed by atoms with E-state index in [4.69, 9.17) is 9.88 Å². The summed E-state index contributed by atoms with van der Waals surface area (Å²) in [4.78, 5) is 10.6. The molecule has 0 aromatic carbocycles. The molecule has 0 bridgehead atoms. The van der Waals surface area contributed by atoms with E-state index in [-0.39, 0.29) is 18.3 Å². The van der Waals surface area contributed by atoms with Crippen molar-refractivity contribution in [3.63, 3.8) is 0 Å². The number of unbranched alkanes of at least 4 members (excludes halogenated alkanes) is 2. The van der Waals surface area contributed by atoms with Gasteiger partial charge in [-0.15, -0.1) is 0 Å². The van der Waals surface area contributed by atoms with Gasteiger partial charge in [0.1, 0.15) is 0 Å². The van der Waals surface area contributed by atoms with Crippen LogP contribution in [0.15, 0.2) is 0 Å². The average Bonchev–Trinajstić information content (AvgIpc) is 2.12. The third-order valence-corrected chi connectivity index (χ3v) is 3.14. The lowest BCUT2D eigenvalue weighted by molar-refractivity contribution is -0.142. The van der Waals surface area contributed by atoms with Gasteiger partial charge >= 0.3 is 5.97 Å². The van der Waals surface area contributed by atoms with Gasteiger partial charge in [0.2, 0.25) is 10.0 Å². The van der Waals surface area contributed by atoms with Crippen LogP contribution in [0.25, 0.3) is 0 Å². The summed E-state index contributed by atoms with van der Waals surface area (Å²) in [6.45, 7) is 3.51. The van der Waals surface area contributed by atoms with E-state index in [9.17, 15) is 13.2 Å². The van der Waals surface area contributed by atoms with Crippen LogP contribution in [0.3, 0.4) is 0 Å². The molecule has 0 amide bonds. The van der Waals surface area contributed by atoms with Gasteiger partial charge in [0.25, 0.3) is 0 Å². The number of hydrogen-bond acceptors (Lipinski definition) is 4. The fraction of sp³-hybridized carbons (Fsp3) is 0.900. The first-order valence-electron chi connectivity index (χ1n) is 5.49. The summed E-state index contributed by atoms with van der Waals surface area (Å²) in [5, 5.41) is 4.98. The van der Waals surface area contributed by atoms with Gasteiger partial charge in [-0.05, 0) is 6.42 Å². The molecule has 0 aliphatic rings. The quantitative estimate of drug-likeness (QED) is 0.515. The van der Waals surface area contributed by atoms with Crippen molar-refractivity contribution in [3.8, 4) is 0 Å². The molecule has 0 fully saturated rings. The summed E-state index contributed by atoms with van der Waals surface area (Å²) in [7, 11) is -3.50. The topological polar surface area (TPSA) is 86.5 Å². The first-order valence-corrected chi connectivity index (χ1v) is 7.20. The highest BCUT2D eigenvalue weighted by Crippen LogP contribution is 2.12. The molecule has 16 heavy (non-hydrogen) atoms. The van der Waals surface area contributed by atoms with Crippen LogP contribution in [-0.2, 0) is 19.6 Å². The maximum Gasteiger partial charge on any atom is 0.302 e. The summed E-state index contributed by atoms with van der Waals surface area (Å²) in [5.41, 5.74) is 0. The lowest BCUT2D eigenvalue weighted by Crippen LogP contribution is -2.26. The van der Waals surface area contributed by atoms with E-state index in [1.807, 2.05) is 0 Å². The first-order chi connectivity index (χ1) is 7.35. The zero-order valence-corrected chi connectivity index (χ0v) is 10.8. The smallest absolute Gasteiger partial charge is 0.302 e. The predicted molar refractivity (Wildman–Crippen MR) is 62.2 cm³/mol. The summed E-state index contributed by atoms with van der Waals surface area (Å²) in [6, 6.07) is 0. The second-order valence-corrected chi connectivity index (χ2v) is 5.65. The number of rotatable bonds is 8. The molecule has 6 heteroatoms. The zero-order chi connectivity index (χ0) is 12.6.